The van der Waals surface area contributed by atoms with Gasteiger partial charge in [-0.05, 0) is 56.1 Å². The third-order valence-corrected chi connectivity index (χ3v) is 9.12. The molecule has 1 aliphatic carbocycles. The molecular formula is C27H37F3N4O3S. The second kappa shape index (κ2) is 10.4. The summed E-state index contributed by atoms with van der Waals surface area (Å²) in [6.45, 7) is 9.33. The monoisotopic (exact) mass is 554 g/mol. The Kier molecular flexibility index (Phi) is 7.84. The number of aryl methyl sites for hydroxylation is 3. The van der Waals surface area contributed by atoms with Crippen molar-refractivity contribution < 1.29 is 26.4 Å². The van der Waals surface area contributed by atoms with Gasteiger partial charge in [0.25, 0.3) is 0 Å². The number of nitrogens with zero attached hydrogens (tertiary/aromatic N) is 4. The Bertz CT molecular complexity index is 1290. The van der Waals surface area contributed by atoms with Crippen LogP contribution in [0.3, 0.4) is 0 Å². The van der Waals surface area contributed by atoms with E-state index < -0.39 is 40.5 Å². The van der Waals surface area contributed by atoms with Crippen LogP contribution in [-0.4, -0.2) is 51.9 Å². The second-order valence-electron chi connectivity index (χ2n) is 12.0. The van der Waals surface area contributed by atoms with E-state index >= 15 is 0 Å². The van der Waals surface area contributed by atoms with Gasteiger partial charge in [0.15, 0.2) is 0 Å². The van der Waals surface area contributed by atoms with Gasteiger partial charge in [0.2, 0.25) is 0 Å². The molecule has 2 fully saturated rings. The molecule has 1 saturated heterocycles. The van der Waals surface area contributed by atoms with Gasteiger partial charge in [-0.15, -0.1) is 10.2 Å². The van der Waals surface area contributed by atoms with E-state index in [-0.39, 0.29) is 23.7 Å². The average Bonchev–Trinajstić information content (AvgIpc) is 3.37. The van der Waals surface area contributed by atoms with E-state index in [9.17, 15) is 26.4 Å². The van der Waals surface area contributed by atoms with Crippen LogP contribution in [-0.2, 0) is 27.7 Å². The van der Waals surface area contributed by atoms with Gasteiger partial charge in [0.05, 0.1) is 0 Å². The van der Waals surface area contributed by atoms with Crippen molar-refractivity contribution in [3.63, 3.8) is 0 Å². The minimum Gasteiger partial charge on any atom is -0.312 e. The van der Waals surface area contributed by atoms with Crippen LogP contribution in [0.2, 0.25) is 0 Å². The average molecular weight is 555 g/mol. The molecule has 0 radical (unpaired) electrons. The summed E-state index contributed by atoms with van der Waals surface area (Å²) in [5.41, 5.74) is -2.56. The number of rotatable bonds is 9. The van der Waals surface area contributed by atoms with E-state index in [0.717, 1.165) is 48.2 Å². The summed E-state index contributed by atoms with van der Waals surface area (Å²) in [7, 11) is -5.59. The van der Waals surface area contributed by atoms with Crippen molar-refractivity contribution in [1.29, 1.82) is 0 Å². The van der Waals surface area contributed by atoms with Crippen LogP contribution < -0.4 is 0 Å². The highest BCUT2D eigenvalue weighted by Gasteiger charge is 2.55. The molecule has 38 heavy (non-hydrogen) atoms. The molecule has 7 nitrogen and oxygen atoms in total. The predicted octanol–water partition coefficient (Wildman–Crippen LogP) is 5.28. The highest BCUT2D eigenvalue weighted by molar-refractivity contribution is 7.90. The Hall–Kier alpha value is -2.27. The lowest BCUT2D eigenvalue weighted by molar-refractivity contribution is -0.122. The lowest BCUT2D eigenvalue weighted by atomic mass is 9.87. The summed E-state index contributed by atoms with van der Waals surface area (Å²) >= 11 is 0. The van der Waals surface area contributed by atoms with Crippen LogP contribution in [0.1, 0.15) is 86.8 Å². The van der Waals surface area contributed by atoms with Crippen LogP contribution >= 0.6 is 0 Å². The van der Waals surface area contributed by atoms with Crippen LogP contribution in [0.25, 0.3) is 0 Å². The summed E-state index contributed by atoms with van der Waals surface area (Å²) < 4.78 is 67.6. The second-order valence-corrected chi connectivity index (χ2v) is 14.0. The molecule has 2 aromatic rings. The van der Waals surface area contributed by atoms with E-state index in [0.29, 0.717) is 16.6 Å². The molecule has 0 amide bonds. The normalized spacial score (nSPS) is 21.3. The molecule has 1 aromatic heterocycles. The summed E-state index contributed by atoms with van der Waals surface area (Å²) in [5, 5.41) is 8.77. The van der Waals surface area contributed by atoms with Gasteiger partial charge < -0.3 is 4.57 Å². The SMILES string of the molecule is Cc1ccc(CC(=O)[C@H]2CN(S(=O)(=O)C(F)(F)F)C[C@@H]2c2nnc(CCCC(C)(C)C)n2C2CC2)c(C)c1. The van der Waals surface area contributed by atoms with E-state index in [1.807, 2.05) is 36.6 Å². The van der Waals surface area contributed by atoms with Crippen molar-refractivity contribution in [2.45, 2.75) is 90.6 Å². The van der Waals surface area contributed by atoms with Crippen molar-refractivity contribution >= 4 is 15.8 Å². The first kappa shape index (κ1) is 28.7. The van der Waals surface area contributed by atoms with Crippen LogP contribution in [0.15, 0.2) is 18.2 Å². The smallest absolute Gasteiger partial charge is 0.312 e. The number of ketones is 1. The lowest BCUT2D eigenvalue weighted by Gasteiger charge is -2.20. The molecule has 1 aromatic carbocycles. The molecule has 0 bridgehead atoms. The van der Waals surface area contributed by atoms with Gasteiger partial charge in [0.1, 0.15) is 17.4 Å². The number of sulfonamides is 1. The molecule has 2 heterocycles. The van der Waals surface area contributed by atoms with Crippen molar-refractivity contribution in [3.8, 4) is 0 Å². The number of hydrogen-bond acceptors (Lipinski definition) is 5. The van der Waals surface area contributed by atoms with Gasteiger partial charge in [-0.2, -0.15) is 17.5 Å². The number of alkyl halides is 3. The first-order valence-corrected chi connectivity index (χ1v) is 14.6. The van der Waals surface area contributed by atoms with Crippen molar-refractivity contribution in [3.05, 3.63) is 46.5 Å². The van der Waals surface area contributed by atoms with E-state index in [1.165, 1.54) is 0 Å². The molecule has 4 rings (SSSR count). The summed E-state index contributed by atoms with van der Waals surface area (Å²) in [4.78, 5) is 13.6. The minimum absolute atomic E-state index is 0.0171. The predicted molar refractivity (Wildman–Crippen MR) is 138 cm³/mol. The van der Waals surface area contributed by atoms with Crippen molar-refractivity contribution in [2.75, 3.05) is 13.1 Å². The molecule has 0 spiro atoms. The Balaban J connectivity index is 1.67. The highest BCUT2D eigenvalue weighted by Crippen LogP contribution is 2.43. The molecule has 0 N–H and O–H groups in total. The third-order valence-electron chi connectivity index (χ3n) is 7.56. The zero-order valence-corrected chi connectivity index (χ0v) is 23.5. The molecule has 210 valence electrons. The molecular weight excluding hydrogens is 517 g/mol. The van der Waals surface area contributed by atoms with Gasteiger partial charge >= 0.3 is 15.5 Å². The maximum absolute atomic E-state index is 13.6. The van der Waals surface area contributed by atoms with Crippen molar-refractivity contribution in [1.82, 2.24) is 19.1 Å². The Morgan fingerprint density at radius 2 is 1.76 bits per heavy atom. The van der Waals surface area contributed by atoms with E-state index in [4.69, 9.17) is 0 Å². The number of halogens is 3. The maximum Gasteiger partial charge on any atom is 0.511 e. The summed E-state index contributed by atoms with van der Waals surface area (Å²) in [5.74, 6) is -0.852. The van der Waals surface area contributed by atoms with E-state index in [2.05, 4.69) is 31.0 Å². The molecule has 2 atom stereocenters. The molecule has 11 heteroatoms. The van der Waals surface area contributed by atoms with Crippen LogP contribution in [0.4, 0.5) is 13.2 Å². The molecule has 1 aliphatic heterocycles. The summed E-state index contributed by atoms with van der Waals surface area (Å²) in [6, 6.07) is 5.81. The van der Waals surface area contributed by atoms with Gasteiger partial charge in [-0.25, -0.2) is 8.42 Å². The fraction of sp³-hybridized carbons (Fsp3) is 0.667. The topological polar surface area (TPSA) is 85.2 Å². The largest absolute Gasteiger partial charge is 0.511 e. The van der Waals surface area contributed by atoms with E-state index in [1.54, 1.807) is 0 Å². The van der Waals surface area contributed by atoms with Gasteiger partial charge in [-0.1, -0.05) is 44.5 Å². The zero-order valence-electron chi connectivity index (χ0n) is 22.7. The number of hydrogen-bond donors (Lipinski definition) is 0. The standard InChI is InChI=1S/C27H37F3N4O3S/c1-17-8-9-19(18(2)13-17)14-23(35)21-15-33(38(36,37)27(28,29)30)16-22(21)25-32-31-24(34(25)20-10-11-20)7-6-12-26(3,4)5/h8-9,13,20-22H,6-7,10-12,14-16H2,1-5H3/t21-,22-/m0/s1. The van der Waals surface area contributed by atoms with Gasteiger partial charge in [0, 0.05) is 43.8 Å². The van der Waals surface area contributed by atoms with Crippen molar-refractivity contribution in [2.24, 2.45) is 11.3 Å². The molecule has 0 unspecified atom stereocenters. The third kappa shape index (κ3) is 6.14. The number of carbonyl (C=O) groups excluding carboxylic acids is 1. The fourth-order valence-corrected chi connectivity index (χ4v) is 6.34. The van der Waals surface area contributed by atoms with Gasteiger partial charge in [-0.3, -0.25) is 4.79 Å². The Labute approximate surface area is 222 Å². The molecule has 1 saturated carbocycles. The minimum atomic E-state index is -5.59. The first-order chi connectivity index (χ1) is 17.6. The fourth-order valence-electron chi connectivity index (χ4n) is 5.33. The maximum atomic E-state index is 13.6. The number of aromatic nitrogens is 3. The van der Waals surface area contributed by atoms with Crippen LogP contribution in [0.5, 0.6) is 0 Å². The summed E-state index contributed by atoms with van der Waals surface area (Å²) in [6.07, 6.45) is 4.33. The van der Waals surface area contributed by atoms with Crippen LogP contribution in [0, 0.1) is 25.2 Å². The molecule has 2 aliphatic rings. The Morgan fingerprint density at radius 3 is 2.34 bits per heavy atom. The number of carbonyl (C=O) groups is 1. The lowest BCUT2D eigenvalue weighted by Crippen LogP contribution is -2.39. The first-order valence-electron chi connectivity index (χ1n) is 13.2. The number of Topliss-reactive ketones (excluding diaryl/α,β-unsaturated/α-hetero) is 1. The Morgan fingerprint density at radius 1 is 1.08 bits per heavy atom. The zero-order chi connectivity index (χ0) is 28.0. The quantitative estimate of drug-likeness (QED) is 0.421. The number of benzene rings is 1. The highest BCUT2D eigenvalue weighted by atomic mass is 32.2.